The maximum Gasteiger partial charge on any atom is 0.242 e. The predicted molar refractivity (Wildman–Crippen MR) is 82.1 cm³/mol. The van der Waals surface area contributed by atoms with E-state index in [-0.39, 0.29) is 6.04 Å². The molecule has 0 aromatic heterocycles. The van der Waals surface area contributed by atoms with E-state index >= 15 is 0 Å². The van der Waals surface area contributed by atoms with Crippen LogP contribution in [0, 0.1) is 0 Å². The molecular weight excluding hydrogens is 280 g/mol. The van der Waals surface area contributed by atoms with Gasteiger partial charge < -0.3 is 5.32 Å². The van der Waals surface area contributed by atoms with Gasteiger partial charge in [-0.2, -0.15) is 11.8 Å². The molecule has 0 saturated carbocycles. The molecule has 0 heterocycles. The predicted octanol–water partition coefficient (Wildman–Crippen LogP) is 1.95. The van der Waals surface area contributed by atoms with Crippen LogP contribution in [0.3, 0.4) is 0 Å². The second-order valence-electron chi connectivity index (χ2n) is 4.53. The van der Waals surface area contributed by atoms with Crippen LogP contribution in [0.25, 0.3) is 0 Å². The molecule has 4 nitrogen and oxygen atoms in total. The highest BCUT2D eigenvalue weighted by Gasteiger charge is 2.17. The molecule has 1 unspecified atom stereocenters. The summed E-state index contributed by atoms with van der Waals surface area (Å²) >= 11 is 1.80. The summed E-state index contributed by atoms with van der Waals surface area (Å²) in [4.78, 5) is 0.331. The third-order valence-corrected chi connectivity index (χ3v) is 5.36. The second kappa shape index (κ2) is 7.28. The largest absolute Gasteiger partial charge is 0.309 e. The van der Waals surface area contributed by atoms with Crippen LogP contribution in [-0.2, 0) is 10.0 Å². The van der Waals surface area contributed by atoms with Crippen molar-refractivity contribution < 1.29 is 8.42 Å². The molecule has 0 radical (unpaired) electrons. The Labute approximate surface area is 120 Å². The van der Waals surface area contributed by atoms with Crippen LogP contribution in [0.4, 0.5) is 0 Å². The van der Waals surface area contributed by atoms with E-state index in [4.69, 9.17) is 0 Å². The number of thioether (sulfide) groups is 1. The summed E-state index contributed by atoms with van der Waals surface area (Å²) in [5.74, 6) is 1.07. The number of hydrogen-bond acceptors (Lipinski definition) is 4. The Kier molecular flexibility index (Phi) is 6.32. The lowest BCUT2D eigenvalue weighted by atomic mass is 10.1. The zero-order valence-electron chi connectivity index (χ0n) is 11.9. The lowest BCUT2D eigenvalue weighted by Crippen LogP contribution is -2.23. The molecule has 6 heteroatoms. The maximum absolute atomic E-state index is 11.9. The Bertz CT molecular complexity index is 484. The first kappa shape index (κ1) is 16.5. The van der Waals surface area contributed by atoms with Gasteiger partial charge in [0.2, 0.25) is 10.0 Å². The van der Waals surface area contributed by atoms with E-state index < -0.39 is 10.0 Å². The van der Waals surface area contributed by atoms with E-state index in [1.165, 1.54) is 18.4 Å². The molecule has 0 aliphatic carbocycles. The summed E-state index contributed by atoms with van der Waals surface area (Å²) in [5, 5.41) is 3.40. The van der Waals surface area contributed by atoms with E-state index in [0.29, 0.717) is 4.90 Å². The SMILES string of the molecule is CSCCNC(C)c1ccc(S(=O)(=O)N(C)C)cc1. The minimum Gasteiger partial charge on any atom is -0.309 e. The van der Waals surface area contributed by atoms with Crippen molar-refractivity contribution in [1.29, 1.82) is 0 Å². The molecule has 0 aliphatic heterocycles. The van der Waals surface area contributed by atoms with Crippen molar-refractivity contribution in [3.63, 3.8) is 0 Å². The zero-order chi connectivity index (χ0) is 14.5. The van der Waals surface area contributed by atoms with Crippen molar-refractivity contribution in [1.82, 2.24) is 9.62 Å². The minimum absolute atomic E-state index is 0.225. The number of rotatable bonds is 7. The number of hydrogen-bond donors (Lipinski definition) is 1. The molecule has 0 saturated heterocycles. The minimum atomic E-state index is -3.33. The standard InChI is InChI=1S/C13H22N2O2S2/c1-11(14-9-10-18-4)12-5-7-13(8-6-12)19(16,17)15(2)3/h5-8,11,14H,9-10H2,1-4H3. The third-order valence-electron chi connectivity index (χ3n) is 2.92. The van der Waals surface area contributed by atoms with Gasteiger partial charge in [0.25, 0.3) is 0 Å². The van der Waals surface area contributed by atoms with Gasteiger partial charge in [0.15, 0.2) is 0 Å². The molecule has 1 atom stereocenters. The van der Waals surface area contributed by atoms with Gasteiger partial charge in [0.05, 0.1) is 4.90 Å². The van der Waals surface area contributed by atoms with E-state index in [1.54, 1.807) is 23.9 Å². The Hall–Kier alpha value is -0.560. The molecule has 19 heavy (non-hydrogen) atoms. The van der Waals surface area contributed by atoms with Crippen LogP contribution in [0.15, 0.2) is 29.2 Å². The van der Waals surface area contributed by atoms with Gasteiger partial charge in [-0.3, -0.25) is 0 Å². The molecule has 1 aromatic rings. The van der Waals surface area contributed by atoms with Gasteiger partial charge >= 0.3 is 0 Å². The van der Waals surface area contributed by atoms with Crippen LogP contribution in [-0.4, -0.2) is 45.4 Å². The first-order valence-corrected chi connectivity index (χ1v) is 8.97. The fourth-order valence-electron chi connectivity index (χ4n) is 1.63. The van der Waals surface area contributed by atoms with Crippen LogP contribution in [0.5, 0.6) is 0 Å². The monoisotopic (exact) mass is 302 g/mol. The summed E-state index contributed by atoms with van der Waals surface area (Å²) in [7, 11) is -0.256. The highest BCUT2D eigenvalue weighted by Crippen LogP contribution is 2.18. The quantitative estimate of drug-likeness (QED) is 0.782. The topological polar surface area (TPSA) is 49.4 Å². The van der Waals surface area contributed by atoms with E-state index in [1.807, 2.05) is 12.1 Å². The maximum atomic E-state index is 11.9. The smallest absolute Gasteiger partial charge is 0.242 e. The Morgan fingerprint density at radius 2 is 1.84 bits per heavy atom. The molecular formula is C13H22N2O2S2. The van der Waals surface area contributed by atoms with Gasteiger partial charge in [-0.15, -0.1) is 0 Å². The lowest BCUT2D eigenvalue weighted by molar-refractivity contribution is 0.520. The van der Waals surface area contributed by atoms with Crippen molar-refractivity contribution in [2.24, 2.45) is 0 Å². The highest BCUT2D eigenvalue weighted by molar-refractivity contribution is 7.98. The Balaban J connectivity index is 2.77. The molecule has 0 aliphatic rings. The summed E-state index contributed by atoms with van der Waals surface area (Å²) in [6.45, 7) is 3.02. The third kappa shape index (κ3) is 4.49. The summed E-state index contributed by atoms with van der Waals surface area (Å²) in [6.07, 6.45) is 2.08. The first-order valence-electron chi connectivity index (χ1n) is 6.14. The van der Waals surface area contributed by atoms with Crippen molar-refractivity contribution in [3.8, 4) is 0 Å². The van der Waals surface area contributed by atoms with Crippen LogP contribution >= 0.6 is 11.8 Å². The average Bonchev–Trinajstić information content (AvgIpc) is 2.39. The summed E-state index contributed by atoms with van der Waals surface area (Å²) < 4.78 is 25.1. The number of nitrogens with zero attached hydrogens (tertiary/aromatic N) is 1. The highest BCUT2D eigenvalue weighted by atomic mass is 32.2. The fourth-order valence-corrected chi connectivity index (χ4v) is 2.86. The first-order chi connectivity index (χ1) is 8.89. The van der Waals surface area contributed by atoms with E-state index in [0.717, 1.165) is 17.9 Å². The van der Waals surface area contributed by atoms with Crippen LogP contribution < -0.4 is 5.32 Å². The Morgan fingerprint density at radius 1 is 1.26 bits per heavy atom. The number of benzene rings is 1. The molecule has 0 amide bonds. The molecule has 0 bridgehead atoms. The van der Waals surface area contributed by atoms with Crippen LogP contribution in [0.1, 0.15) is 18.5 Å². The van der Waals surface area contributed by atoms with Crippen molar-refractivity contribution in [3.05, 3.63) is 29.8 Å². The molecule has 0 fully saturated rings. The Morgan fingerprint density at radius 3 is 2.32 bits per heavy atom. The average molecular weight is 302 g/mol. The summed E-state index contributed by atoms with van der Waals surface area (Å²) in [5.41, 5.74) is 1.10. The molecule has 108 valence electrons. The van der Waals surface area contributed by atoms with Gasteiger partial charge in [-0.25, -0.2) is 12.7 Å². The lowest BCUT2D eigenvalue weighted by Gasteiger charge is -2.15. The van der Waals surface area contributed by atoms with E-state index in [2.05, 4.69) is 18.5 Å². The number of sulfonamides is 1. The summed E-state index contributed by atoms with van der Waals surface area (Å²) in [6, 6.07) is 7.29. The van der Waals surface area contributed by atoms with Crippen LogP contribution in [0.2, 0.25) is 0 Å². The van der Waals surface area contributed by atoms with Gasteiger partial charge in [-0.1, -0.05) is 12.1 Å². The normalized spacial score (nSPS) is 13.7. The van der Waals surface area contributed by atoms with Crippen molar-refractivity contribution in [2.75, 3.05) is 32.6 Å². The van der Waals surface area contributed by atoms with E-state index in [9.17, 15) is 8.42 Å². The zero-order valence-corrected chi connectivity index (χ0v) is 13.5. The molecule has 1 rings (SSSR count). The van der Waals surface area contributed by atoms with Gasteiger partial charge in [0.1, 0.15) is 0 Å². The number of nitrogens with one attached hydrogen (secondary N) is 1. The second-order valence-corrected chi connectivity index (χ2v) is 7.66. The van der Waals surface area contributed by atoms with Gasteiger partial charge in [-0.05, 0) is 30.9 Å². The molecule has 1 N–H and O–H groups in total. The van der Waals surface area contributed by atoms with Gasteiger partial charge in [0, 0.05) is 32.4 Å². The molecule has 0 spiro atoms. The van der Waals surface area contributed by atoms with Crippen molar-refractivity contribution in [2.45, 2.75) is 17.9 Å². The molecule has 1 aromatic carbocycles. The van der Waals surface area contributed by atoms with Crippen molar-refractivity contribution >= 4 is 21.8 Å². The fraction of sp³-hybridized carbons (Fsp3) is 0.538.